The van der Waals surface area contributed by atoms with E-state index in [1.165, 1.54) is 32.4 Å². The number of aromatic nitrogens is 4. The van der Waals surface area contributed by atoms with Gasteiger partial charge in [-0.05, 0) is 44.5 Å². The van der Waals surface area contributed by atoms with Crippen molar-refractivity contribution in [3.63, 3.8) is 0 Å². The molecule has 1 atom stereocenters. The molecule has 1 fully saturated rings. The van der Waals surface area contributed by atoms with E-state index in [0.717, 1.165) is 17.7 Å². The number of piperidine rings is 1. The molecule has 0 aromatic carbocycles. The molecular formula is C13H19ClN6. The largest absolute Gasteiger partial charge is 0.366 e. The maximum atomic E-state index is 5.94. The van der Waals surface area contributed by atoms with Gasteiger partial charge in [-0.15, -0.1) is 0 Å². The predicted octanol–water partition coefficient (Wildman–Crippen LogP) is 2.29. The summed E-state index contributed by atoms with van der Waals surface area (Å²) in [6.07, 6.45) is 5.69. The van der Waals surface area contributed by atoms with Crippen LogP contribution in [0.15, 0.2) is 6.20 Å². The van der Waals surface area contributed by atoms with Crippen molar-refractivity contribution in [3.8, 4) is 0 Å². The maximum Gasteiger partial charge on any atom is 0.226 e. The summed E-state index contributed by atoms with van der Waals surface area (Å²) in [7, 11) is 0. The van der Waals surface area contributed by atoms with Crippen LogP contribution in [0.3, 0.4) is 0 Å². The van der Waals surface area contributed by atoms with Gasteiger partial charge in [-0.1, -0.05) is 6.42 Å². The monoisotopic (exact) mass is 294 g/mol. The molecule has 108 valence electrons. The summed E-state index contributed by atoms with van der Waals surface area (Å²) in [6, 6.07) is 0.303. The summed E-state index contributed by atoms with van der Waals surface area (Å²) >= 11 is 5.94. The lowest BCUT2D eigenvalue weighted by atomic mass is 10.1. The summed E-state index contributed by atoms with van der Waals surface area (Å²) in [5.74, 6) is 0.748. The number of H-pyrrole nitrogens is 1. The molecule has 0 aliphatic carbocycles. The third-order valence-corrected chi connectivity index (χ3v) is 3.82. The number of hydrogen-bond acceptors (Lipinski definition) is 5. The Morgan fingerprint density at radius 2 is 2.15 bits per heavy atom. The van der Waals surface area contributed by atoms with E-state index in [1.807, 2.05) is 0 Å². The van der Waals surface area contributed by atoms with Gasteiger partial charge < -0.3 is 10.2 Å². The Labute approximate surface area is 122 Å². The van der Waals surface area contributed by atoms with Crippen LogP contribution in [0.4, 0.5) is 5.82 Å². The Balaban J connectivity index is 1.70. The SMILES string of the molecule is CC(CN1CCCCC1)Nc1nc(Cl)nc2[nH]ncc12. The van der Waals surface area contributed by atoms with Crippen LogP contribution >= 0.6 is 11.6 Å². The molecule has 6 nitrogen and oxygen atoms in total. The number of aromatic amines is 1. The average molecular weight is 295 g/mol. The minimum atomic E-state index is 0.231. The number of nitrogens with zero attached hydrogens (tertiary/aromatic N) is 4. The number of fused-ring (bicyclic) bond motifs is 1. The minimum Gasteiger partial charge on any atom is -0.366 e. The molecule has 3 rings (SSSR count). The molecule has 1 saturated heterocycles. The molecule has 2 N–H and O–H groups in total. The van der Waals surface area contributed by atoms with Crippen LogP contribution < -0.4 is 5.32 Å². The smallest absolute Gasteiger partial charge is 0.226 e. The second kappa shape index (κ2) is 5.93. The Morgan fingerprint density at radius 1 is 1.35 bits per heavy atom. The topological polar surface area (TPSA) is 69.7 Å². The van der Waals surface area contributed by atoms with Crippen molar-refractivity contribution in [2.45, 2.75) is 32.2 Å². The minimum absolute atomic E-state index is 0.231. The Hall–Kier alpha value is -1.40. The number of hydrogen-bond donors (Lipinski definition) is 2. The molecule has 1 aliphatic heterocycles. The number of likely N-dealkylation sites (tertiary alicyclic amines) is 1. The van der Waals surface area contributed by atoms with Gasteiger partial charge in [0.1, 0.15) is 5.82 Å². The zero-order valence-electron chi connectivity index (χ0n) is 11.6. The third kappa shape index (κ3) is 3.02. The molecule has 1 aliphatic rings. The van der Waals surface area contributed by atoms with Crippen LogP contribution in [0.5, 0.6) is 0 Å². The number of halogens is 1. The average Bonchev–Trinajstić information content (AvgIpc) is 2.88. The second-order valence-electron chi connectivity index (χ2n) is 5.38. The summed E-state index contributed by atoms with van der Waals surface area (Å²) in [6.45, 7) is 5.56. The first-order valence-corrected chi connectivity index (χ1v) is 7.45. The first-order chi connectivity index (χ1) is 9.72. The van der Waals surface area contributed by atoms with E-state index in [4.69, 9.17) is 11.6 Å². The predicted molar refractivity (Wildman–Crippen MR) is 80.1 cm³/mol. The van der Waals surface area contributed by atoms with Gasteiger partial charge >= 0.3 is 0 Å². The van der Waals surface area contributed by atoms with Crippen molar-refractivity contribution in [2.75, 3.05) is 25.0 Å². The highest BCUT2D eigenvalue weighted by molar-refractivity contribution is 6.28. The highest BCUT2D eigenvalue weighted by Crippen LogP contribution is 2.21. The van der Waals surface area contributed by atoms with Crippen molar-refractivity contribution < 1.29 is 0 Å². The van der Waals surface area contributed by atoms with E-state index in [-0.39, 0.29) is 5.28 Å². The molecule has 0 saturated carbocycles. The van der Waals surface area contributed by atoms with Crippen molar-refractivity contribution in [1.29, 1.82) is 0 Å². The lowest BCUT2D eigenvalue weighted by Crippen LogP contribution is -2.38. The Kier molecular flexibility index (Phi) is 4.03. The molecule has 0 spiro atoms. The van der Waals surface area contributed by atoms with Crippen LogP contribution in [0.2, 0.25) is 5.28 Å². The van der Waals surface area contributed by atoms with E-state index in [2.05, 4.69) is 37.3 Å². The molecular weight excluding hydrogens is 276 g/mol. The van der Waals surface area contributed by atoms with Crippen molar-refractivity contribution in [2.24, 2.45) is 0 Å². The van der Waals surface area contributed by atoms with Gasteiger partial charge in [-0.2, -0.15) is 15.1 Å². The molecule has 0 amide bonds. The molecule has 0 bridgehead atoms. The molecule has 20 heavy (non-hydrogen) atoms. The number of nitrogens with one attached hydrogen (secondary N) is 2. The number of anilines is 1. The molecule has 7 heteroatoms. The summed E-state index contributed by atoms with van der Waals surface area (Å²) < 4.78 is 0. The quantitative estimate of drug-likeness (QED) is 0.847. The van der Waals surface area contributed by atoms with E-state index in [9.17, 15) is 0 Å². The number of rotatable bonds is 4. The lowest BCUT2D eigenvalue weighted by molar-refractivity contribution is 0.223. The van der Waals surface area contributed by atoms with E-state index in [1.54, 1.807) is 6.20 Å². The summed E-state index contributed by atoms with van der Waals surface area (Å²) in [5, 5.41) is 11.3. The molecule has 1 unspecified atom stereocenters. The fourth-order valence-corrected chi connectivity index (χ4v) is 2.89. The van der Waals surface area contributed by atoms with Crippen LogP contribution in [-0.4, -0.2) is 50.7 Å². The fourth-order valence-electron chi connectivity index (χ4n) is 2.73. The van der Waals surface area contributed by atoms with E-state index in [0.29, 0.717) is 11.7 Å². The highest BCUT2D eigenvalue weighted by atomic mass is 35.5. The van der Waals surface area contributed by atoms with Crippen LogP contribution in [0.1, 0.15) is 26.2 Å². The maximum absolute atomic E-state index is 5.94. The van der Waals surface area contributed by atoms with Crippen LogP contribution in [-0.2, 0) is 0 Å². The van der Waals surface area contributed by atoms with Crippen molar-refractivity contribution >= 4 is 28.5 Å². The normalized spacial score (nSPS) is 18.3. The summed E-state index contributed by atoms with van der Waals surface area (Å²) in [5.41, 5.74) is 0.665. The second-order valence-corrected chi connectivity index (χ2v) is 5.72. The van der Waals surface area contributed by atoms with Crippen LogP contribution in [0, 0.1) is 0 Å². The van der Waals surface area contributed by atoms with Gasteiger partial charge in [-0.3, -0.25) is 5.10 Å². The third-order valence-electron chi connectivity index (χ3n) is 3.65. The zero-order chi connectivity index (χ0) is 13.9. The van der Waals surface area contributed by atoms with Gasteiger partial charge in [0.2, 0.25) is 5.28 Å². The molecule has 2 aromatic rings. The van der Waals surface area contributed by atoms with Gasteiger partial charge in [0.15, 0.2) is 5.65 Å². The van der Waals surface area contributed by atoms with Gasteiger partial charge in [0.25, 0.3) is 0 Å². The first-order valence-electron chi connectivity index (χ1n) is 7.08. The molecule has 3 heterocycles. The highest BCUT2D eigenvalue weighted by Gasteiger charge is 2.15. The lowest BCUT2D eigenvalue weighted by Gasteiger charge is -2.29. The fraction of sp³-hybridized carbons (Fsp3) is 0.615. The van der Waals surface area contributed by atoms with Crippen LogP contribution in [0.25, 0.3) is 11.0 Å². The summed E-state index contributed by atoms with van der Waals surface area (Å²) in [4.78, 5) is 10.9. The van der Waals surface area contributed by atoms with Gasteiger partial charge in [-0.25, -0.2) is 0 Å². The van der Waals surface area contributed by atoms with Gasteiger partial charge in [0, 0.05) is 12.6 Å². The van der Waals surface area contributed by atoms with Crippen molar-refractivity contribution in [1.82, 2.24) is 25.1 Å². The molecule has 2 aromatic heterocycles. The van der Waals surface area contributed by atoms with Crippen molar-refractivity contribution in [3.05, 3.63) is 11.5 Å². The Bertz CT molecular complexity index is 577. The van der Waals surface area contributed by atoms with E-state index >= 15 is 0 Å². The zero-order valence-corrected chi connectivity index (χ0v) is 12.3. The molecule has 0 radical (unpaired) electrons. The Morgan fingerprint density at radius 3 is 2.95 bits per heavy atom. The van der Waals surface area contributed by atoms with Gasteiger partial charge in [0.05, 0.1) is 11.6 Å². The first kappa shape index (κ1) is 13.6. The van der Waals surface area contributed by atoms with E-state index < -0.39 is 0 Å². The standard InChI is InChI=1S/C13H19ClN6/c1-9(8-20-5-3-2-4-6-20)16-11-10-7-15-19-12(10)18-13(14)17-11/h7,9H,2-6,8H2,1H3,(H2,15,16,17,18,19).